The highest BCUT2D eigenvalue weighted by atomic mass is 16.3. The maximum absolute atomic E-state index is 12.1. The van der Waals surface area contributed by atoms with E-state index in [4.69, 9.17) is 5.11 Å². The predicted molar refractivity (Wildman–Crippen MR) is 122 cm³/mol. The van der Waals surface area contributed by atoms with Crippen molar-refractivity contribution in [1.82, 2.24) is 29.6 Å². The van der Waals surface area contributed by atoms with Gasteiger partial charge in [0.15, 0.2) is 5.69 Å². The third-order valence-corrected chi connectivity index (χ3v) is 5.53. The maximum Gasteiger partial charge on any atom is 0.275 e. The normalized spacial score (nSPS) is 17.5. The number of carbonyl (C=O) groups excluding carboxylic acids is 1. The van der Waals surface area contributed by atoms with Crippen LogP contribution in [0.1, 0.15) is 29.8 Å². The summed E-state index contributed by atoms with van der Waals surface area (Å²) in [5, 5.41) is 23.6. The molecular formula is C22H26N8O3. The van der Waals surface area contributed by atoms with Gasteiger partial charge in [-0.2, -0.15) is 0 Å². The van der Waals surface area contributed by atoms with Crippen LogP contribution < -0.4 is 16.2 Å². The van der Waals surface area contributed by atoms with Crippen molar-refractivity contribution in [3.63, 3.8) is 0 Å². The average molecular weight is 451 g/mol. The summed E-state index contributed by atoms with van der Waals surface area (Å²) in [6.45, 7) is 0.103. The first-order valence-electron chi connectivity index (χ1n) is 10.8. The van der Waals surface area contributed by atoms with Crippen molar-refractivity contribution in [2.45, 2.75) is 31.3 Å². The molecule has 3 aromatic heterocycles. The molecule has 1 amide bonds. The molecule has 4 rings (SSSR count). The number of anilines is 2. The van der Waals surface area contributed by atoms with E-state index in [-0.39, 0.29) is 42.4 Å². The van der Waals surface area contributed by atoms with Gasteiger partial charge >= 0.3 is 0 Å². The zero-order valence-electron chi connectivity index (χ0n) is 18.3. The summed E-state index contributed by atoms with van der Waals surface area (Å²) >= 11 is 0. The molecular weight excluding hydrogens is 424 g/mol. The molecule has 0 bridgehead atoms. The van der Waals surface area contributed by atoms with Crippen LogP contribution in [0.4, 0.5) is 11.8 Å². The number of pyridine rings is 2. The van der Waals surface area contributed by atoms with Crippen molar-refractivity contribution in [2.24, 2.45) is 0 Å². The lowest BCUT2D eigenvalue weighted by atomic mass is 10.2. The van der Waals surface area contributed by atoms with Crippen LogP contribution >= 0.6 is 0 Å². The molecule has 172 valence electrons. The number of likely N-dealkylation sites (N-methyl/N-ethyl adjacent to an activating group) is 1. The number of nitrogens with zero attached hydrogens (tertiary/aromatic N) is 6. The van der Waals surface area contributed by atoms with Crippen molar-refractivity contribution in [1.29, 1.82) is 0 Å². The number of hydrogen-bond donors (Lipinski definition) is 3. The maximum atomic E-state index is 12.1. The highest BCUT2D eigenvalue weighted by Gasteiger charge is 2.25. The molecule has 11 heteroatoms. The lowest BCUT2D eigenvalue weighted by molar-refractivity contribution is 0.0759. The standard InChI is InChI=1S/C22H26N8O3/c1-29(10-11-31)21(33)18-14-24-22(28-27-18)26-16-6-5-15(12-16)25-19-8-7-17(13-23-19)30-9-3-2-4-20(30)32/h2-4,7-9,13-16,31H,5-6,10-12H2,1H3,(H,23,25)(H,24,26,28)/t15-,16-/m0/s1. The number of hydrogen-bond acceptors (Lipinski definition) is 9. The fraction of sp³-hybridized carbons (Fsp3) is 0.364. The second-order valence-corrected chi connectivity index (χ2v) is 7.92. The number of nitrogens with one attached hydrogen (secondary N) is 2. The topological polar surface area (TPSA) is 138 Å². The van der Waals surface area contributed by atoms with Gasteiger partial charge in [0, 0.05) is 37.9 Å². The van der Waals surface area contributed by atoms with Crippen molar-refractivity contribution in [2.75, 3.05) is 30.8 Å². The minimum Gasteiger partial charge on any atom is -0.395 e. The highest BCUT2D eigenvalue weighted by molar-refractivity contribution is 5.91. The SMILES string of the molecule is CN(CCO)C(=O)c1cnc(N[C@H]2CC[C@H](Nc3ccc(-n4ccccc4=O)cn3)C2)nn1. The summed E-state index contributed by atoms with van der Waals surface area (Å²) in [5.74, 6) is 0.787. The van der Waals surface area contributed by atoms with Gasteiger partial charge in [-0.05, 0) is 37.5 Å². The van der Waals surface area contributed by atoms with Gasteiger partial charge in [0.1, 0.15) is 5.82 Å². The van der Waals surface area contributed by atoms with E-state index in [9.17, 15) is 9.59 Å². The molecule has 11 nitrogen and oxygen atoms in total. The predicted octanol–water partition coefficient (Wildman–Crippen LogP) is 0.927. The Labute approximate surface area is 190 Å². The monoisotopic (exact) mass is 450 g/mol. The smallest absolute Gasteiger partial charge is 0.275 e. The van der Waals surface area contributed by atoms with Gasteiger partial charge in [0.2, 0.25) is 5.95 Å². The lowest BCUT2D eigenvalue weighted by Gasteiger charge is -2.16. The first-order chi connectivity index (χ1) is 16.0. The second kappa shape index (κ2) is 10.2. The van der Waals surface area contributed by atoms with Gasteiger partial charge in [-0.1, -0.05) is 6.07 Å². The summed E-state index contributed by atoms with van der Waals surface area (Å²) in [7, 11) is 1.59. The molecule has 0 radical (unpaired) electrons. The van der Waals surface area contributed by atoms with Gasteiger partial charge in [-0.25, -0.2) is 9.97 Å². The van der Waals surface area contributed by atoms with Crippen LogP contribution in [0.15, 0.2) is 53.7 Å². The number of aromatic nitrogens is 5. The Bertz CT molecular complexity index is 1130. The fourth-order valence-electron chi connectivity index (χ4n) is 3.78. The van der Waals surface area contributed by atoms with Crippen molar-refractivity contribution in [3.05, 3.63) is 65.0 Å². The molecule has 3 aromatic rings. The quantitative estimate of drug-likeness (QED) is 0.457. The Morgan fingerprint density at radius 3 is 2.61 bits per heavy atom. The molecule has 1 fully saturated rings. The third-order valence-electron chi connectivity index (χ3n) is 5.53. The van der Waals surface area contributed by atoms with Crippen LogP contribution in [0.3, 0.4) is 0 Å². The largest absolute Gasteiger partial charge is 0.395 e. The van der Waals surface area contributed by atoms with Crippen LogP contribution in [0.25, 0.3) is 5.69 Å². The first-order valence-corrected chi connectivity index (χ1v) is 10.8. The van der Waals surface area contributed by atoms with E-state index in [0.717, 1.165) is 25.1 Å². The number of aliphatic hydroxyl groups excluding tert-OH is 1. The molecule has 0 unspecified atom stereocenters. The molecule has 1 aliphatic carbocycles. The molecule has 0 aromatic carbocycles. The second-order valence-electron chi connectivity index (χ2n) is 7.92. The molecule has 33 heavy (non-hydrogen) atoms. The van der Waals surface area contributed by atoms with E-state index in [1.54, 1.807) is 36.1 Å². The van der Waals surface area contributed by atoms with Crippen molar-refractivity contribution < 1.29 is 9.90 Å². The Morgan fingerprint density at radius 2 is 1.94 bits per heavy atom. The Hall–Kier alpha value is -3.86. The molecule has 1 saturated carbocycles. The van der Waals surface area contributed by atoms with E-state index in [1.807, 2.05) is 12.1 Å². The number of amides is 1. The summed E-state index contributed by atoms with van der Waals surface area (Å²) in [6.07, 6.45) is 7.51. The van der Waals surface area contributed by atoms with Crippen LogP contribution in [0.5, 0.6) is 0 Å². The summed E-state index contributed by atoms with van der Waals surface area (Å²) in [6, 6.07) is 9.16. The summed E-state index contributed by atoms with van der Waals surface area (Å²) in [5.41, 5.74) is 0.747. The zero-order valence-corrected chi connectivity index (χ0v) is 18.3. The molecule has 3 N–H and O–H groups in total. The summed E-state index contributed by atoms with van der Waals surface area (Å²) < 4.78 is 1.55. The number of carbonyl (C=O) groups is 1. The van der Waals surface area contributed by atoms with E-state index in [1.165, 1.54) is 17.2 Å². The number of aliphatic hydroxyl groups is 1. The first kappa shape index (κ1) is 22.3. The minimum atomic E-state index is -0.337. The van der Waals surface area contributed by atoms with E-state index < -0.39 is 0 Å². The molecule has 0 saturated heterocycles. The van der Waals surface area contributed by atoms with Gasteiger partial charge in [0.25, 0.3) is 11.5 Å². The van der Waals surface area contributed by atoms with Gasteiger partial charge in [-0.3, -0.25) is 14.2 Å². The lowest BCUT2D eigenvalue weighted by Crippen LogP contribution is -2.30. The zero-order chi connectivity index (χ0) is 23.2. The van der Waals surface area contributed by atoms with Crippen LogP contribution in [0.2, 0.25) is 0 Å². The summed E-state index contributed by atoms with van der Waals surface area (Å²) in [4.78, 5) is 34.1. The Kier molecular flexibility index (Phi) is 6.89. The third kappa shape index (κ3) is 5.50. The minimum absolute atomic E-state index is 0.101. The molecule has 3 heterocycles. The van der Waals surface area contributed by atoms with Gasteiger partial charge in [-0.15, -0.1) is 10.2 Å². The van der Waals surface area contributed by atoms with E-state index in [0.29, 0.717) is 11.6 Å². The van der Waals surface area contributed by atoms with Crippen LogP contribution in [0, 0.1) is 0 Å². The van der Waals surface area contributed by atoms with Crippen LogP contribution in [-0.2, 0) is 0 Å². The fourth-order valence-corrected chi connectivity index (χ4v) is 3.78. The molecule has 2 atom stereocenters. The molecule has 0 aliphatic heterocycles. The van der Waals surface area contributed by atoms with E-state index >= 15 is 0 Å². The van der Waals surface area contributed by atoms with Crippen LogP contribution in [-0.4, -0.2) is 72.9 Å². The molecule has 1 aliphatic rings. The van der Waals surface area contributed by atoms with Crippen molar-refractivity contribution >= 4 is 17.7 Å². The Morgan fingerprint density at radius 1 is 1.12 bits per heavy atom. The average Bonchev–Trinajstić information content (AvgIpc) is 3.27. The molecule has 0 spiro atoms. The highest BCUT2D eigenvalue weighted by Crippen LogP contribution is 2.24. The van der Waals surface area contributed by atoms with Crippen molar-refractivity contribution in [3.8, 4) is 5.69 Å². The van der Waals surface area contributed by atoms with Gasteiger partial charge in [0.05, 0.1) is 24.7 Å². The number of rotatable bonds is 8. The Balaban J connectivity index is 1.30. The van der Waals surface area contributed by atoms with Gasteiger partial charge < -0.3 is 20.6 Å². The van der Waals surface area contributed by atoms with E-state index in [2.05, 4.69) is 30.8 Å².